The molecule has 0 radical (unpaired) electrons. The van der Waals surface area contributed by atoms with Crippen LogP contribution in [0.4, 0.5) is 0 Å². The van der Waals surface area contributed by atoms with Crippen LogP contribution in [0.1, 0.15) is 31.7 Å². The van der Waals surface area contributed by atoms with Crippen LogP contribution < -0.4 is 16.0 Å². The minimum absolute atomic E-state index is 0.199. The summed E-state index contributed by atoms with van der Waals surface area (Å²) in [5, 5.41) is 9.61. The number of hydrogen-bond acceptors (Lipinski definition) is 3. The van der Waals surface area contributed by atoms with Gasteiger partial charge in [-0.15, -0.1) is 0 Å². The normalized spacial score (nSPS) is 20.2. The van der Waals surface area contributed by atoms with Crippen molar-refractivity contribution in [3.05, 3.63) is 35.9 Å². The van der Waals surface area contributed by atoms with Gasteiger partial charge in [-0.3, -0.25) is 9.79 Å². The number of nitrogens with zero attached hydrogens (tertiary/aromatic N) is 2. The summed E-state index contributed by atoms with van der Waals surface area (Å²) in [4.78, 5) is 19.0. The number of benzene rings is 1. The number of carbonyl (C=O) groups excluding carboxylic acids is 1. The highest BCUT2D eigenvalue weighted by molar-refractivity contribution is 5.81. The van der Waals surface area contributed by atoms with Crippen LogP contribution in [-0.2, 0) is 11.2 Å². The van der Waals surface area contributed by atoms with Crippen molar-refractivity contribution in [3.63, 3.8) is 0 Å². The Morgan fingerprint density at radius 3 is 2.64 bits per heavy atom. The fraction of sp³-hybridized carbons (Fsp3) is 0.636. The Hall–Kier alpha value is -2.08. The topological polar surface area (TPSA) is 68.8 Å². The number of carbonyl (C=O) groups is 1. The van der Waals surface area contributed by atoms with E-state index in [0.29, 0.717) is 19.0 Å². The van der Waals surface area contributed by atoms with Crippen LogP contribution in [0.2, 0.25) is 0 Å². The molecule has 3 N–H and O–H groups in total. The van der Waals surface area contributed by atoms with Gasteiger partial charge in [-0.05, 0) is 50.6 Å². The molecule has 28 heavy (non-hydrogen) atoms. The average molecular weight is 386 g/mol. The van der Waals surface area contributed by atoms with E-state index in [2.05, 4.69) is 58.1 Å². The highest BCUT2D eigenvalue weighted by atomic mass is 16.2. The standard InChI is InChI=1S/C22H35N5O/c1-2-23-22(25-13-12-24-21(28)20-8-9-20)26-16-19-11-15-27(17-19)14-10-18-6-4-3-5-7-18/h3-7,19-20H,2,8-17H2,1H3,(H,24,28)(H2,23,25,26). The lowest BCUT2D eigenvalue weighted by Crippen LogP contribution is -2.42. The molecule has 0 bridgehead atoms. The number of amides is 1. The highest BCUT2D eigenvalue weighted by Crippen LogP contribution is 2.28. The van der Waals surface area contributed by atoms with E-state index in [1.807, 2.05) is 0 Å². The Balaban J connectivity index is 1.33. The van der Waals surface area contributed by atoms with Crippen molar-refractivity contribution >= 4 is 11.9 Å². The van der Waals surface area contributed by atoms with Gasteiger partial charge >= 0.3 is 0 Å². The SMILES string of the molecule is CCNC(=NCC1CCN(CCc2ccccc2)C1)NCCNC(=O)C1CC1. The van der Waals surface area contributed by atoms with E-state index in [0.717, 1.165) is 51.4 Å². The van der Waals surface area contributed by atoms with Crippen LogP contribution in [0.25, 0.3) is 0 Å². The predicted molar refractivity (Wildman–Crippen MR) is 114 cm³/mol. The molecule has 1 aliphatic heterocycles. The molecule has 2 aliphatic rings. The highest BCUT2D eigenvalue weighted by Gasteiger charge is 2.29. The summed E-state index contributed by atoms with van der Waals surface area (Å²) in [5.74, 6) is 1.95. The second kappa shape index (κ2) is 11.1. The number of guanidine groups is 1. The Morgan fingerprint density at radius 1 is 1.11 bits per heavy atom. The van der Waals surface area contributed by atoms with Crippen LogP contribution >= 0.6 is 0 Å². The van der Waals surface area contributed by atoms with Crippen molar-refractivity contribution in [1.82, 2.24) is 20.9 Å². The zero-order valence-corrected chi connectivity index (χ0v) is 17.1. The quantitative estimate of drug-likeness (QED) is 0.325. The van der Waals surface area contributed by atoms with E-state index >= 15 is 0 Å². The summed E-state index contributed by atoms with van der Waals surface area (Å²) >= 11 is 0. The summed E-state index contributed by atoms with van der Waals surface area (Å²) in [6, 6.07) is 10.7. The van der Waals surface area contributed by atoms with E-state index in [1.54, 1.807) is 0 Å². The molecule has 6 heteroatoms. The number of rotatable bonds is 10. The predicted octanol–water partition coefficient (Wildman–Crippen LogP) is 1.63. The summed E-state index contributed by atoms with van der Waals surface area (Å²) in [7, 11) is 0. The van der Waals surface area contributed by atoms with Gasteiger partial charge < -0.3 is 20.9 Å². The molecule has 3 rings (SSSR count). The molecule has 2 fully saturated rings. The lowest BCUT2D eigenvalue weighted by atomic mass is 10.1. The number of nitrogens with one attached hydrogen (secondary N) is 3. The van der Waals surface area contributed by atoms with Crippen molar-refractivity contribution in [2.75, 3.05) is 45.8 Å². The second-order valence-corrected chi connectivity index (χ2v) is 7.90. The molecule has 1 unspecified atom stereocenters. The zero-order valence-electron chi connectivity index (χ0n) is 17.1. The van der Waals surface area contributed by atoms with Crippen LogP contribution in [0, 0.1) is 11.8 Å². The second-order valence-electron chi connectivity index (χ2n) is 7.90. The largest absolute Gasteiger partial charge is 0.357 e. The van der Waals surface area contributed by atoms with Gasteiger partial charge in [-0.1, -0.05) is 30.3 Å². The first-order valence-corrected chi connectivity index (χ1v) is 10.8. The van der Waals surface area contributed by atoms with Crippen molar-refractivity contribution in [2.45, 2.75) is 32.6 Å². The van der Waals surface area contributed by atoms with E-state index in [-0.39, 0.29) is 11.8 Å². The molecule has 154 valence electrons. The summed E-state index contributed by atoms with van der Waals surface area (Å²) in [6.45, 7) is 8.56. The molecule has 0 spiro atoms. The lowest BCUT2D eigenvalue weighted by molar-refractivity contribution is -0.122. The van der Waals surface area contributed by atoms with E-state index in [4.69, 9.17) is 4.99 Å². The van der Waals surface area contributed by atoms with Crippen molar-refractivity contribution in [1.29, 1.82) is 0 Å². The van der Waals surface area contributed by atoms with Gasteiger partial charge in [0.05, 0.1) is 0 Å². The zero-order chi connectivity index (χ0) is 19.6. The van der Waals surface area contributed by atoms with Gasteiger partial charge in [0, 0.05) is 45.2 Å². The third-order valence-corrected chi connectivity index (χ3v) is 5.45. The maximum Gasteiger partial charge on any atom is 0.223 e. The van der Waals surface area contributed by atoms with Crippen LogP contribution in [0.15, 0.2) is 35.3 Å². The molecule has 0 aromatic heterocycles. The maximum absolute atomic E-state index is 11.7. The van der Waals surface area contributed by atoms with Crippen molar-refractivity contribution in [3.8, 4) is 0 Å². The minimum Gasteiger partial charge on any atom is -0.357 e. The van der Waals surface area contributed by atoms with E-state index < -0.39 is 0 Å². The first kappa shape index (κ1) is 20.6. The lowest BCUT2D eigenvalue weighted by Gasteiger charge is -2.16. The van der Waals surface area contributed by atoms with Crippen molar-refractivity contribution < 1.29 is 4.79 Å². The van der Waals surface area contributed by atoms with Crippen molar-refractivity contribution in [2.24, 2.45) is 16.8 Å². The minimum atomic E-state index is 0.199. The van der Waals surface area contributed by atoms with E-state index in [9.17, 15) is 4.79 Å². The Bertz CT molecular complexity index is 629. The molecule has 1 aromatic rings. The summed E-state index contributed by atoms with van der Waals surface area (Å²) in [5.41, 5.74) is 1.41. The van der Waals surface area contributed by atoms with E-state index in [1.165, 1.54) is 18.5 Å². The molecular weight excluding hydrogens is 350 g/mol. The molecule has 1 aromatic carbocycles. The Morgan fingerprint density at radius 2 is 1.89 bits per heavy atom. The Kier molecular flexibility index (Phi) is 8.15. The number of aliphatic imine (C=N–C) groups is 1. The maximum atomic E-state index is 11.7. The summed E-state index contributed by atoms with van der Waals surface area (Å²) in [6.07, 6.45) is 4.43. The summed E-state index contributed by atoms with van der Waals surface area (Å²) < 4.78 is 0. The van der Waals surface area contributed by atoms with Gasteiger partial charge in [0.15, 0.2) is 5.96 Å². The molecule has 1 heterocycles. The smallest absolute Gasteiger partial charge is 0.223 e. The molecule has 6 nitrogen and oxygen atoms in total. The third-order valence-electron chi connectivity index (χ3n) is 5.45. The van der Waals surface area contributed by atoms with Gasteiger partial charge in [-0.2, -0.15) is 0 Å². The third kappa shape index (κ3) is 7.15. The Labute approximate surface area is 169 Å². The number of likely N-dealkylation sites (tertiary alicyclic amines) is 1. The molecule has 1 saturated carbocycles. The van der Waals surface area contributed by atoms with Crippen LogP contribution in [-0.4, -0.2) is 62.6 Å². The monoisotopic (exact) mass is 385 g/mol. The fourth-order valence-corrected chi connectivity index (χ4v) is 3.62. The molecule has 1 amide bonds. The van der Waals surface area contributed by atoms with Gasteiger partial charge in [0.1, 0.15) is 0 Å². The fourth-order valence-electron chi connectivity index (χ4n) is 3.62. The first-order valence-electron chi connectivity index (χ1n) is 10.8. The molecular formula is C22H35N5O. The van der Waals surface area contributed by atoms with Gasteiger partial charge in [0.25, 0.3) is 0 Å². The molecule has 1 atom stereocenters. The average Bonchev–Trinajstić information content (AvgIpc) is 3.48. The van der Waals surface area contributed by atoms with Gasteiger partial charge in [-0.25, -0.2) is 0 Å². The van der Waals surface area contributed by atoms with Crippen LogP contribution in [0.5, 0.6) is 0 Å². The molecule has 1 aliphatic carbocycles. The van der Waals surface area contributed by atoms with Gasteiger partial charge in [0.2, 0.25) is 5.91 Å². The van der Waals surface area contributed by atoms with Crippen LogP contribution in [0.3, 0.4) is 0 Å². The number of hydrogen-bond donors (Lipinski definition) is 3. The first-order chi connectivity index (χ1) is 13.7. The molecule has 1 saturated heterocycles.